The average molecular weight is 398 g/mol. The number of anilines is 1. The maximum Gasteiger partial charge on any atom is 0.249 e. The van der Waals surface area contributed by atoms with Gasteiger partial charge in [0.2, 0.25) is 11.7 Å². The minimum atomic E-state index is -0.392. The molecule has 1 N–H and O–H groups in total. The van der Waals surface area contributed by atoms with Gasteiger partial charge < -0.3 is 5.32 Å². The molecule has 1 aromatic carbocycles. The minimum absolute atomic E-state index is 0.139. The smallest absolute Gasteiger partial charge is 0.249 e. The zero-order chi connectivity index (χ0) is 18.0. The molecule has 0 aliphatic rings. The number of benzene rings is 1. The lowest BCUT2D eigenvalue weighted by atomic mass is 10.2. The van der Waals surface area contributed by atoms with Crippen LogP contribution >= 0.6 is 34.8 Å². The Morgan fingerprint density at radius 2 is 1.92 bits per heavy atom. The number of carbonyl (C=O) groups is 1. The van der Waals surface area contributed by atoms with E-state index in [4.69, 9.17) is 34.8 Å². The molecule has 1 amide bonds. The van der Waals surface area contributed by atoms with E-state index in [1.165, 1.54) is 11.0 Å². The van der Waals surface area contributed by atoms with E-state index in [9.17, 15) is 4.79 Å². The monoisotopic (exact) mass is 396 g/mol. The Hall–Kier alpha value is -2.22. The second-order valence-corrected chi connectivity index (χ2v) is 6.31. The molecule has 0 atom stereocenters. The molecule has 3 aromatic rings. The maximum atomic E-state index is 12.1. The summed E-state index contributed by atoms with van der Waals surface area (Å²) >= 11 is 17.9. The molecule has 128 valence electrons. The summed E-state index contributed by atoms with van der Waals surface area (Å²) in [6.45, 7) is 1.60. The normalized spacial score (nSPS) is 10.7. The van der Waals surface area contributed by atoms with Gasteiger partial charge >= 0.3 is 0 Å². The number of nitrogens with zero attached hydrogens (tertiary/aromatic N) is 5. The molecule has 0 fully saturated rings. The molecular formula is C15H11Cl3N6O. The van der Waals surface area contributed by atoms with Crippen molar-refractivity contribution in [3.63, 3.8) is 0 Å². The molecule has 0 radical (unpaired) electrons. The summed E-state index contributed by atoms with van der Waals surface area (Å²) < 4.78 is 0. The fourth-order valence-corrected chi connectivity index (χ4v) is 2.48. The second-order valence-electron chi connectivity index (χ2n) is 5.09. The molecular weight excluding hydrogens is 387 g/mol. The van der Waals surface area contributed by atoms with Crippen LogP contribution in [-0.4, -0.2) is 31.1 Å². The summed E-state index contributed by atoms with van der Waals surface area (Å²) in [4.78, 5) is 17.3. The third-order valence-electron chi connectivity index (χ3n) is 3.30. The molecule has 3 rings (SSSR count). The van der Waals surface area contributed by atoms with Gasteiger partial charge in [0.1, 0.15) is 6.54 Å². The van der Waals surface area contributed by atoms with E-state index in [1.807, 2.05) is 0 Å². The van der Waals surface area contributed by atoms with Gasteiger partial charge in [-0.05, 0) is 42.0 Å². The number of tetrazole rings is 1. The van der Waals surface area contributed by atoms with Crippen LogP contribution in [-0.2, 0) is 11.3 Å². The third-order valence-corrected chi connectivity index (χ3v) is 4.40. The maximum absolute atomic E-state index is 12.1. The average Bonchev–Trinajstić information content (AvgIpc) is 3.04. The van der Waals surface area contributed by atoms with Crippen molar-refractivity contribution in [3.8, 4) is 11.4 Å². The second kappa shape index (κ2) is 7.35. The van der Waals surface area contributed by atoms with Gasteiger partial charge in [0.25, 0.3) is 0 Å². The molecule has 0 aliphatic carbocycles. The third kappa shape index (κ3) is 4.07. The molecule has 2 heterocycles. The summed E-state index contributed by atoms with van der Waals surface area (Å²) in [6.07, 6.45) is 1.42. The van der Waals surface area contributed by atoms with Gasteiger partial charge in [0.05, 0.1) is 10.0 Å². The number of aromatic nitrogens is 5. The molecule has 0 saturated carbocycles. The molecule has 0 saturated heterocycles. The van der Waals surface area contributed by atoms with Crippen molar-refractivity contribution in [3.05, 3.63) is 51.1 Å². The van der Waals surface area contributed by atoms with Gasteiger partial charge in [-0.15, -0.1) is 10.2 Å². The van der Waals surface area contributed by atoms with E-state index in [0.29, 0.717) is 21.4 Å². The van der Waals surface area contributed by atoms with Crippen molar-refractivity contribution in [1.29, 1.82) is 0 Å². The van der Waals surface area contributed by atoms with Crippen molar-refractivity contribution in [2.45, 2.75) is 13.5 Å². The van der Waals surface area contributed by atoms with Gasteiger partial charge in [0, 0.05) is 16.8 Å². The molecule has 10 heteroatoms. The number of halogens is 3. The number of rotatable bonds is 4. The molecule has 0 aliphatic heterocycles. The predicted molar refractivity (Wildman–Crippen MR) is 95.9 cm³/mol. The first-order valence-corrected chi connectivity index (χ1v) is 8.21. The lowest BCUT2D eigenvalue weighted by Gasteiger charge is -2.08. The van der Waals surface area contributed by atoms with Crippen LogP contribution < -0.4 is 5.32 Å². The van der Waals surface area contributed by atoms with Crippen molar-refractivity contribution < 1.29 is 4.79 Å². The van der Waals surface area contributed by atoms with Gasteiger partial charge in [-0.25, -0.2) is 4.98 Å². The Morgan fingerprint density at radius 1 is 1.20 bits per heavy atom. The van der Waals surface area contributed by atoms with Crippen LogP contribution in [0.15, 0.2) is 30.5 Å². The lowest BCUT2D eigenvalue weighted by molar-refractivity contribution is -0.117. The van der Waals surface area contributed by atoms with Gasteiger partial charge in [-0.2, -0.15) is 4.80 Å². The molecule has 7 nitrogen and oxygen atoms in total. The molecule has 0 spiro atoms. The number of pyridine rings is 1. The van der Waals surface area contributed by atoms with Gasteiger partial charge in [-0.3, -0.25) is 4.79 Å². The summed E-state index contributed by atoms with van der Waals surface area (Å²) in [7, 11) is 0. The number of nitrogens with one attached hydrogen (secondary N) is 1. The van der Waals surface area contributed by atoms with Crippen LogP contribution in [0, 0.1) is 6.92 Å². The highest BCUT2D eigenvalue weighted by atomic mass is 35.5. The van der Waals surface area contributed by atoms with Crippen LogP contribution in [0.5, 0.6) is 0 Å². The van der Waals surface area contributed by atoms with E-state index < -0.39 is 5.91 Å². The van der Waals surface area contributed by atoms with Crippen LogP contribution in [0.1, 0.15) is 5.56 Å². The van der Waals surface area contributed by atoms with Crippen LogP contribution in [0.25, 0.3) is 11.4 Å². The summed E-state index contributed by atoms with van der Waals surface area (Å²) in [5.41, 5.74) is 1.38. The zero-order valence-corrected chi connectivity index (χ0v) is 15.1. The molecule has 25 heavy (non-hydrogen) atoms. The van der Waals surface area contributed by atoms with Gasteiger partial charge in [-0.1, -0.05) is 34.8 Å². The Morgan fingerprint density at radius 3 is 2.64 bits per heavy atom. The van der Waals surface area contributed by atoms with Crippen molar-refractivity contribution in [2.75, 3.05) is 5.32 Å². The van der Waals surface area contributed by atoms with Gasteiger partial charge in [0.15, 0.2) is 5.82 Å². The van der Waals surface area contributed by atoms with E-state index in [0.717, 1.165) is 5.56 Å². The number of amides is 1. The lowest BCUT2D eigenvalue weighted by Crippen LogP contribution is -2.21. The zero-order valence-electron chi connectivity index (χ0n) is 12.9. The fourth-order valence-electron chi connectivity index (χ4n) is 1.97. The molecule has 2 aromatic heterocycles. The Bertz CT molecular complexity index is 926. The summed E-state index contributed by atoms with van der Waals surface area (Å²) in [5.74, 6) is 0.228. The van der Waals surface area contributed by atoms with E-state index in [-0.39, 0.29) is 17.4 Å². The van der Waals surface area contributed by atoms with Crippen molar-refractivity contribution >= 4 is 46.5 Å². The number of hydrogen-bond donors (Lipinski definition) is 1. The van der Waals surface area contributed by atoms with E-state index in [1.54, 1.807) is 31.2 Å². The highest BCUT2D eigenvalue weighted by Crippen LogP contribution is 2.28. The Kier molecular flexibility index (Phi) is 5.17. The highest BCUT2D eigenvalue weighted by Gasteiger charge is 2.14. The number of carbonyl (C=O) groups excluding carboxylic acids is 1. The molecule has 0 unspecified atom stereocenters. The fraction of sp³-hybridized carbons (Fsp3) is 0.133. The predicted octanol–water partition coefficient (Wildman–Crippen LogP) is 3.64. The standard InChI is InChI=1S/C15H11Cl3N6O/c1-8-11(17)6-19-15(13(8)18)20-12(25)7-24-22-14(21-23-24)9-2-4-10(16)5-3-9/h2-6H,7H2,1H3,(H,19,20,25). The van der Waals surface area contributed by atoms with Crippen LogP contribution in [0.2, 0.25) is 15.1 Å². The van der Waals surface area contributed by atoms with E-state index in [2.05, 4.69) is 25.7 Å². The minimum Gasteiger partial charge on any atom is -0.308 e. The van der Waals surface area contributed by atoms with Crippen LogP contribution in [0.4, 0.5) is 5.82 Å². The first kappa shape index (κ1) is 17.6. The van der Waals surface area contributed by atoms with E-state index >= 15 is 0 Å². The quantitative estimate of drug-likeness (QED) is 0.726. The number of hydrogen-bond acceptors (Lipinski definition) is 5. The Labute approximate surface area is 157 Å². The summed E-state index contributed by atoms with van der Waals surface area (Å²) in [5, 5.41) is 15.9. The summed E-state index contributed by atoms with van der Waals surface area (Å²) in [6, 6.07) is 6.98. The molecule has 0 bridgehead atoms. The first-order valence-electron chi connectivity index (χ1n) is 7.08. The van der Waals surface area contributed by atoms with Crippen LogP contribution in [0.3, 0.4) is 0 Å². The Balaban J connectivity index is 1.70. The SMILES string of the molecule is Cc1c(Cl)cnc(NC(=O)Cn2nnc(-c3ccc(Cl)cc3)n2)c1Cl. The first-order chi connectivity index (χ1) is 11.9. The topological polar surface area (TPSA) is 85.6 Å². The largest absolute Gasteiger partial charge is 0.308 e. The highest BCUT2D eigenvalue weighted by molar-refractivity contribution is 6.37. The van der Waals surface area contributed by atoms with Crippen molar-refractivity contribution in [2.24, 2.45) is 0 Å². The van der Waals surface area contributed by atoms with Crippen molar-refractivity contribution in [1.82, 2.24) is 25.2 Å².